The molecular formula is C18H18N6O2. The van der Waals surface area contributed by atoms with E-state index >= 15 is 0 Å². The topological polar surface area (TPSA) is 96.8 Å². The summed E-state index contributed by atoms with van der Waals surface area (Å²) >= 11 is 0. The van der Waals surface area contributed by atoms with Crippen molar-refractivity contribution in [3.05, 3.63) is 66.0 Å². The van der Waals surface area contributed by atoms with Gasteiger partial charge < -0.3 is 14.8 Å². The molecule has 4 rings (SSSR count). The second kappa shape index (κ2) is 6.93. The van der Waals surface area contributed by atoms with Crippen molar-refractivity contribution < 1.29 is 9.90 Å². The van der Waals surface area contributed by atoms with Crippen LogP contribution in [0.3, 0.4) is 0 Å². The first kappa shape index (κ1) is 16.2. The number of nitrogens with one attached hydrogen (secondary N) is 1. The Kier molecular flexibility index (Phi) is 4.32. The number of imidazole rings is 1. The van der Waals surface area contributed by atoms with Crippen LogP contribution >= 0.6 is 0 Å². The first-order valence-electron chi connectivity index (χ1n) is 8.39. The molecule has 0 atom stereocenters. The zero-order valence-electron chi connectivity index (χ0n) is 14.0. The molecule has 4 aromatic heterocycles. The Morgan fingerprint density at radius 1 is 1.19 bits per heavy atom. The van der Waals surface area contributed by atoms with Gasteiger partial charge in [0.1, 0.15) is 5.65 Å². The van der Waals surface area contributed by atoms with Crippen LogP contribution in [-0.4, -0.2) is 48.1 Å². The Hall–Kier alpha value is -3.26. The SMILES string of the molecule is O=C(NCCc1cn2ccccc2n1)c1cc2ncc(CCO)cn2n1. The summed E-state index contributed by atoms with van der Waals surface area (Å²) in [6.07, 6.45) is 8.49. The largest absolute Gasteiger partial charge is 0.396 e. The summed E-state index contributed by atoms with van der Waals surface area (Å²) in [5, 5.41) is 16.1. The number of nitrogens with zero attached hydrogens (tertiary/aromatic N) is 5. The first-order valence-corrected chi connectivity index (χ1v) is 8.39. The van der Waals surface area contributed by atoms with Crippen molar-refractivity contribution in [1.29, 1.82) is 0 Å². The van der Waals surface area contributed by atoms with E-state index in [1.54, 1.807) is 23.0 Å². The number of carbonyl (C=O) groups excluding carboxylic acids is 1. The number of carbonyl (C=O) groups is 1. The van der Waals surface area contributed by atoms with Gasteiger partial charge in [-0.3, -0.25) is 4.79 Å². The normalized spacial score (nSPS) is 11.3. The van der Waals surface area contributed by atoms with Gasteiger partial charge in [-0.1, -0.05) is 6.07 Å². The molecule has 132 valence electrons. The van der Waals surface area contributed by atoms with E-state index < -0.39 is 0 Å². The van der Waals surface area contributed by atoms with Crippen molar-refractivity contribution in [3.8, 4) is 0 Å². The number of amides is 1. The van der Waals surface area contributed by atoms with Gasteiger partial charge in [0.2, 0.25) is 0 Å². The molecule has 0 bridgehead atoms. The molecule has 2 N–H and O–H groups in total. The molecule has 8 heteroatoms. The van der Waals surface area contributed by atoms with Crippen LogP contribution in [0, 0.1) is 0 Å². The summed E-state index contributed by atoms with van der Waals surface area (Å²) < 4.78 is 3.51. The molecule has 8 nitrogen and oxygen atoms in total. The highest BCUT2D eigenvalue weighted by atomic mass is 16.3. The van der Waals surface area contributed by atoms with Gasteiger partial charge >= 0.3 is 0 Å². The van der Waals surface area contributed by atoms with E-state index in [1.165, 1.54) is 0 Å². The number of aliphatic hydroxyl groups excluding tert-OH is 1. The van der Waals surface area contributed by atoms with Crippen LogP contribution in [0.25, 0.3) is 11.3 Å². The molecule has 0 aromatic carbocycles. The van der Waals surface area contributed by atoms with Crippen LogP contribution in [0.15, 0.2) is 49.1 Å². The van der Waals surface area contributed by atoms with E-state index in [4.69, 9.17) is 5.11 Å². The first-order chi connectivity index (χ1) is 12.7. The van der Waals surface area contributed by atoms with E-state index in [2.05, 4.69) is 20.4 Å². The molecule has 0 radical (unpaired) electrons. The molecule has 1 amide bonds. The fourth-order valence-corrected chi connectivity index (χ4v) is 2.79. The molecule has 0 saturated heterocycles. The zero-order chi connectivity index (χ0) is 17.9. The summed E-state index contributed by atoms with van der Waals surface area (Å²) in [6.45, 7) is 0.518. The minimum Gasteiger partial charge on any atom is -0.396 e. The van der Waals surface area contributed by atoms with Crippen LogP contribution < -0.4 is 5.32 Å². The van der Waals surface area contributed by atoms with Crippen LogP contribution in [0.2, 0.25) is 0 Å². The zero-order valence-corrected chi connectivity index (χ0v) is 14.0. The second-order valence-corrected chi connectivity index (χ2v) is 5.97. The quantitative estimate of drug-likeness (QED) is 0.538. The van der Waals surface area contributed by atoms with Gasteiger partial charge in [0.05, 0.1) is 5.69 Å². The van der Waals surface area contributed by atoms with Gasteiger partial charge in [0, 0.05) is 50.4 Å². The molecule has 0 aliphatic rings. The number of rotatable bonds is 6. The van der Waals surface area contributed by atoms with E-state index in [0.717, 1.165) is 16.9 Å². The van der Waals surface area contributed by atoms with Gasteiger partial charge in [0.25, 0.3) is 5.91 Å². The minimum absolute atomic E-state index is 0.0465. The number of pyridine rings is 1. The van der Waals surface area contributed by atoms with Gasteiger partial charge in [-0.25, -0.2) is 14.5 Å². The maximum atomic E-state index is 12.3. The number of hydrogen-bond donors (Lipinski definition) is 2. The predicted octanol–water partition coefficient (Wildman–Crippen LogP) is 0.884. The number of fused-ring (bicyclic) bond motifs is 2. The molecular weight excluding hydrogens is 332 g/mol. The van der Waals surface area contributed by atoms with Gasteiger partial charge in [-0.15, -0.1) is 0 Å². The van der Waals surface area contributed by atoms with E-state index in [0.29, 0.717) is 30.7 Å². The highest BCUT2D eigenvalue weighted by Crippen LogP contribution is 2.07. The Morgan fingerprint density at radius 3 is 2.96 bits per heavy atom. The highest BCUT2D eigenvalue weighted by Gasteiger charge is 2.12. The molecule has 4 aromatic rings. The van der Waals surface area contributed by atoms with Crippen molar-refractivity contribution in [1.82, 2.24) is 29.3 Å². The molecule has 0 aliphatic heterocycles. The van der Waals surface area contributed by atoms with Crippen LogP contribution in [0.5, 0.6) is 0 Å². The fraction of sp³-hybridized carbons (Fsp3) is 0.222. The molecule has 0 aliphatic carbocycles. The van der Waals surface area contributed by atoms with Crippen molar-refractivity contribution in [2.45, 2.75) is 12.8 Å². The number of aromatic nitrogens is 5. The lowest BCUT2D eigenvalue weighted by atomic mass is 10.2. The second-order valence-electron chi connectivity index (χ2n) is 5.97. The van der Waals surface area contributed by atoms with E-state index in [-0.39, 0.29) is 12.5 Å². The molecule has 0 unspecified atom stereocenters. The van der Waals surface area contributed by atoms with Gasteiger partial charge in [-0.05, 0) is 24.1 Å². The standard InChI is InChI=1S/C18H18N6O2/c25-8-5-13-10-20-17-9-15(22-24(17)11-13)18(26)19-6-4-14-12-23-7-2-1-3-16(23)21-14/h1-3,7,9-12,25H,4-6,8H2,(H,19,26). The van der Waals surface area contributed by atoms with E-state index in [1.807, 2.05) is 35.0 Å². The maximum absolute atomic E-state index is 12.3. The molecule has 0 saturated carbocycles. The number of aliphatic hydroxyl groups is 1. The molecule has 0 spiro atoms. The Bertz CT molecular complexity index is 1030. The summed E-state index contributed by atoms with van der Waals surface area (Å²) in [4.78, 5) is 21.1. The third kappa shape index (κ3) is 3.27. The average molecular weight is 350 g/mol. The molecule has 4 heterocycles. The summed E-state index contributed by atoms with van der Waals surface area (Å²) in [7, 11) is 0. The van der Waals surface area contributed by atoms with E-state index in [9.17, 15) is 4.79 Å². The van der Waals surface area contributed by atoms with Crippen LogP contribution in [-0.2, 0) is 12.8 Å². The summed E-state index contributed by atoms with van der Waals surface area (Å²) in [5.41, 5.74) is 3.58. The maximum Gasteiger partial charge on any atom is 0.271 e. The van der Waals surface area contributed by atoms with Gasteiger partial charge in [0.15, 0.2) is 11.3 Å². The van der Waals surface area contributed by atoms with Crippen molar-refractivity contribution >= 4 is 17.2 Å². The Labute approximate surface area is 149 Å². The molecule has 0 fully saturated rings. The van der Waals surface area contributed by atoms with Gasteiger partial charge in [-0.2, -0.15) is 5.10 Å². The monoisotopic (exact) mass is 350 g/mol. The lowest BCUT2D eigenvalue weighted by Crippen LogP contribution is -2.26. The third-order valence-corrected chi connectivity index (χ3v) is 4.08. The van der Waals surface area contributed by atoms with Crippen LogP contribution in [0.1, 0.15) is 21.7 Å². The summed E-state index contributed by atoms with van der Waals surface area (Å²) in [6, 6.07) is 7.47. The fourth-order valence-electron chi connectivity index (χ4n) is 2.79. The third-order valence-electron chi connectivity index (χ3n) is 4.08. The lowest BCUT2D eigenvalue weighted by Gasteiger charge is -2.00. The predicted molar refractivity (Wildman–Crippen MR) is 95.0 cm³/mol. The Morgan fingerprint density at radius 2 is 2.12 bits per heavy atom. The summed E-state index contributed by atoms with van der Waals surface area (Å²) in [5.74, 6) is -0.247. The van der Waals surface area contributed by atoms with Crippen molar-refractivity contribution in [2.75, 3.05) is 13.2 Å². The highest BCUT2D eigenvalue weighted by molar-refractivity contribution is 5.93. The van der Waals surface area contributed by atoms with Crippen molar-refractivity contribution in [3.63, 3.8) is 0 Å². The smallest absolute Gasteiger partial charge is 0.271 e. The lowest BCUT2D eigenvalue weighted by molar-refractivity contribution is 0.0948. The van der Waals surface area contributed by atoms with Crippen LogP contribution in [0.4, 0.5) is 0 Å². The Balaban J connectivity index is 1.40. The average Bonchev–Trinajstić information content (AvgIpc) is 3.25. The minimum atomic E-state index is -0.247. The molecule has 26 heavy (non-hydrogen) atoms. The number of hydrogen-bond acceptors (Lipinski definition) is 5. The van der Waals surface area contributed by atoms with Crippen molar-refractivity contribution in [2.24, 2.45) is 0 Å².